The third kappa shape index (κ3) is 1.16. The van der Waals surface area contributed by atoms with Gasteiger partial charge in [-0.25, -0.2) is 9.78 Å². The van der Waals surface area contributed by atoms with E-state index in [-0.39, 0.29) is 0 Å². The third-order valence-electron chi connectivity index (χ3n) is 2.20. The summed E-state index contributed by atoms with van der Waals surface area (Å²) in [6.45, 7) is 1.79. The number of aromatic carboxylic acids is 1. The Morgan fingerprint density at radius 2 is 2.29 bits per heavy atom. The fraction of sp³-hybridized carbons (Fsp3) is 0.200. The van der Waals surface area contributed by atoms with Gasteiger partial charge in [-0.3, -0.25) is 0 Å². The van der Waals surface area contributed by atoms with E-state index in [1.165, 1.54) is 0 Å². The van der Waals surface area contributed by atoms with Gasteiger partial charge in [-0.05, 0) is 19.1 Å². The van der Waals surface area contributed by atoms with Crippen molar-refractivity contribution in [3.8, 4) is 0 Å². The van der Waals surface area contributed by atoms with Crippen LogP contribution in [-0.4, -0.2) is 20.6 Å². The van der Waals surface area contributed by atoms with Gasteiger partial charge in [0.2, 0.25) is 0 Å². The SMILES string of the molecule is Cc1cc(C(=O)O)c2ccn(C)c2n1. The lowest BCUT2D eigenvalue weighted by molar-refractivity contribution is 0.0699. The van der Waals surface area contributed by atoms with E-state index in [9.17, 15) is 4.79 Å². The van der Waals surface area contributed by atoms with Crippen molar-refractivity contribution in [1.29, 1.82) is 0 Å². The highest BCUT2D eigenvalue weighted by Crippen LogP contribution is 2.18. The summed E-state index contributed by atoms with van der Waals surface area (Å²) in [6, 6.07) is 3.36. The summed E-state index contributed by atoms with van der Waals surface area (Å²) in [5.74, 6) is -0.910. The van der Waals surface area contributed by atoms with Crippen LogP contribution in [0, 0.1) is 6.92 Å². The number of carboxylic acids is 1. The number of pyridine rings is 1. The van der Waals surface area contributed by atoms with E-state index in [4.69, 9.17) is 5.11 Å². The lowest BCUT2D eigenvalue weighted by Crippen LogP contribution is -2.00. The summed E-state index contributed by atoms with van der Waals surface area (Å²) >= 11 is 0. The van der Waals surface area contributed by atoms with Crippen LogP contribution in [0.2, 0.25) is 0 Å². The second kappa shape index (κ2) is 2.83. The van der Waals surface area contributed by atoms with Gasteiger partial charge in [-0.2, -0.15) is 0 Å². The molecule has 72 valence electrons. The van der Waals surface area contributed by atoms with Crippen LogP contribution in [0.25, 0.3) is 11.0 Å². The molecule has 0 saturated heterocycles. The van der Waals surface area contributed by atoms with E-state index in [1.54, 1.807) is 19.1 Å². The molecule has 0 amide bonds. The second-order valence-electron chi connectivity index (χ2n) is 3.28. The topological polar surface area (TPSA) is 55.1 Å². The molecule has 0 unspecified atom stereocenters. The molecule has 2 aromatic heterocycles. The van der Waals surface area contributed by atoms with Gasteiger partial charge >= 0.3 is 5.97 Å². The van der Waals surface area contributed by atoms with Crippen molar-refractivity contribution in [3.05, 3.63) is 29.6 Å². The first-order valence-electron chi connectivity index (χ1n) is 4.25. The number of rotatable bonds is 1. The molecule has 0 aliphatic heterocycles. The number of fused-ring (bicyclic) bond motifs is 1. The summed E-state index contributed by atoms with van der Waals surface area (Å²) < 4.78 is 1.81. The van der Waals surface area contributed by atoms with Crippen LogP contribution in [0.3, 0.4) is 0 Å². The van der Waals surface area contributed by atoms with Gasteiger partial charge in [-0.1, -0.05) is 0 Å². The zero-order valence-corrected chi connectivity index (χ0v) is 7.98. The third-order valence-corrected chi connectivity index (χ3v) is 2.20. The van der Waals surface area contributed by atoms with E-state index >= 15 is 0 Å². The molecule has 0 fully saturated rings. The molecule has 1 N–H and O–H groups in total. The van der Waals surface area contributed by atoms with E-state index in [0.29, 0.717) is 16.6 Å². The summed E-state index contributed by atoms with van der Waals surface area (Å²) in [4.78, 5) is 15.2. The lowest BCUT2D eigenvalue weighted by Gasteiger charge is -2.01. The van der Waals surface area contributed by atoms with Crippen LogP contribution in [-0.2, 0) is 7.05 Å². The van der Waals surface area contributed by atoms with Crippen molar-refractivity contribution in [2.24, 2.45) is 7.05 Å². The molecule has 4 nitrogen and oxygen atoms in total. The Hall–Kier alpha value is -1.84. The molecule has 0 bridgehead atoms. The molecule has 2 heterocycles. The van der Waals surface area contributed by atoms with Crippen molar-refractivity contribution in [3.63, 3.8) is 0 Å². The minimum Gasteiger partial charge on any atom is -0.478 e. The molecular weight excluding hydrogens is 180 g/mol. The first-order valence-corrected chi connectivity index (χ1v) is 4.25. The zero-order chi connectivity index (χ0) is 10.3. The molecule has 0 aromatic carbocycles. The van der Waals surface area contributed by atoms with Crippen molar-refractivity contribution in [1.82, 2.24) is 9.55 Å². The molecule has 0 atom stereocenters. The molecule has 2 rings (SSSR count). The second-order valence-corrected chi connectivity index (χ2v) is 3.28. The highest BCUT2D eigenvalue weighted by molar-refractivity contribution is 6.01. The number of hydrogen-bond acceptors (Lipinski definition) is 2. The van der Waals surface area contributed by atoms with Crippen molar-refractivity contribution in [2.75, 3.05) is 0 Å². The molecule has 0 spiro atoms. The van der Waals surface area contributed by atoms with Gasteiger partial charge < -0.3 is 9.67 Å². The van der Waals surface area contributed by atoms with Crippen LogP contribution in [0.15, 0.2) is 18.3 Å². The first kappa shape index (κ1) is 8.74. The summed E-state index contributed by atoms with van der Waals surface area (Å²) in [7, 11) is 1.85. The normalized spacial score (nSPS) is 10.7. The van der Waals surface area contributed by atoms with Gasteiger partial charge in [0.25, 0.3) is 0 Å². The van der Waals surface area contributed by atoms with Crippen LogP contribution < -0.4 is 0 Å². The molecular formula is C10H10N2O2. The van der Waals surface area contributed by atoms with Gasteiger partial charge in [0, 0.05) is 24.3 Å². The van der Waals surface area contributed by atoms with Gasteiger partial charge in [-0.15, -0.1) is 0 Å². The van der Waals surface area contributed by atoms with Gasteiger partial charge in [0.1, 0.15) is 5.65 Å². The maximum absolute atomic E-state index is 10.9. The van der Waals surface area contributed by atoms with E-state index < -0.39 is 5.97 Å². The molecule has 4 heteroatoms. The van der Waals surface area contributed by atoms with E-state index in [0.717, 1.165) is 5.69 Å². The van der Waals surface area contributed by atoms with Gasteiger partial charge in [0.15, 0.2) is 0 Å². The summed E-state index contributed by atoms with van der Waals surface area (Å²) in [6.07, 6.45) is 1.81. The standard InChI is InChI=1S/C10H10N2O2/c1-6-5-8(10(13)14)7-3-4-12(2)9(7)11-6/h3-5H,1-2H3,(H,13,14). The predicted molar refractivity (Wildman–Crippen MR) is 52.4 cm³/mol. The summed E-state index contributed by atoms with van der Waals surface area (Å²) in [5.41, 5.74) is 1.74. The molecule has 0 saturated carbocycles. The average molecular weight is 190 g/mol. The Balaban J connectivity index is 2.88. The smallest absolute Gasteiger partial charge is 0.336 e. The zero-order valence-electron chi connectivity index (χ0n) is 7.98. The lowest BCUT2D eigenvalue weighted by atomic mass is 10.1. The quantitative estimate of drug-likeness (QED) is 0.742. The number of hydrogen-bond donors (Lipinski definition) is 1. The Bertz CT molecular complexity index is 514. The summed E-state index contributed by atoms with van der Waals surface area (Å²) in [5, 5.41) is 9.67. The molecule has 0 aliphatic carbocycles. The van der Waals surface area contributed by atoms with E-state index in [1.807, 2.05) is 17.8 Å². The number of carbonyl (C=O) groups is 1. The van der Waals surface area contributed by atoms with Crippen LogP contribution in [0.5, 0.6) is 0 Å². The molecule has 0 radical (unpaired) electrons. The molecule has 2 aromatic rings. The van der Waals surface area contributed by atoms with Crippen molar-refractivity contribution >= 4 is 17.0 Å². The highest BCUT2D eigenvalue weighted by Gasteiger charge is 2.11. The number of aromatic nitrogens is 2. The van der Waals surface area contributed by atoms with Crippen molar-refractivity contribution < 1.29 is 9.90 Å². The fourth-order valence-corrected chi connectivity index (χ4v) is 1.53. The highest BCUT2D eigenvalue weighted by atomic mass is 16.4. The first-order chi connectivity index (χ1) is 6.59. The number of aryl methyl sites for hydroxylation is 2. The molecule has 14 heavy (non-hydrogen) atoms. The Morgan fingerprint density at radius 1 is 1.57 bits per heavy atom. The Morgan fingerprint density at radius 3 is 2.93 bits per heavy atom. The molecule has 0 aliphatic rings. The van der Waals surface area contributed by atoms with Gasteiger partial charge in [0.05, 0.1) is 5.56 Å². The predicted octanol–water partition coefficient (Wildman–Crippen LogP) is 1.58. The van der Waals surface area contributed by atoms with E-state index in [2.05, 4.69) is 4.98 Å². The Labute approximate surface area is 80.8 Å². The largest absolute Gasteiger partial charge is 0.478 e. The Kier molecular flexibility index (Phi) is 1.77. The minimum absolute atomic E-state index is 0.313. The average Bonchev–Trinajstić information content (AvgIpc) is 2.47. The number of carboxylic acid groups (broad SMARTS) is 1. The maximum Gasteiger partial charge on any atom is 0.336 e. The van der Waals surface area contributed by atoms with Crippen LogP contribution in [0.4, 0.5) is 0 Å². The maximum atomic E-state index is 10.9. The minimum atomic E-state index is -0.910. The monoisotopic (exact) mass is 190 g/mol. The number of nitrogens with zero attached hydrogens (tertiary/aromatic N) is 2. The fourth-order valence-electron chi connectivity index (χ4n) is 1.53. The van der Waals surface area contributed by atoms with Crippen LogP contribution >= 0.6 is 0 Å². The van der Waals surface area contributed by atoms with Crippen molar-refractivity contribution in [2.45, 2.75) is 6.92 Å². The van der Waals surface area contributed by atoms with Crippen LogP contribution in [0.1, 0.15) is 16.1 Å².